The van der Waals surface area contributed by atoms with E-state index in [2.05, 4.69) is 5.32 Å². The van der Waals surface area contributed by atoms with E-state index in [9.17, 15) is 18.0 Å². The minimum absolute atomic E-state index is 0.184. The van der Waals surface area contributed by atoms with Crippen LogP contribution in [-0.4, -0.2) is 49.5 Å². The first-order valence-electron chi connectivity index (χ1n) is 10.5. The van der Waals surface area contributed by atoms with Gasteiger partial charge in [0.25, 0.3) is 0 Å². The van der Waals surface area contributed by atoms with E-state index >= 15 is 0 Å². The molecule has 2 aromatic carbocycles. The molecule has 2 rings (SSSR count). The van der Waals surface area contributed by atoms with E-state index in [1.807, 2.05) is 57.2 Å². The van der Waals surface area contributed by atoms with Gasteiger partial charge in [0.2, 0.25) is 21.8 Å². The summed E-state index contributed by atoms with van der Waals surface area (Å²) in [7, 11) is -3.73. The predicted molar refractivity (Wildman–Crippen MR) is 128 cm³/mol. The van der Waals surface area contributed by atoms with E-state index in [1.54, 1.807) is 32.0 Å². The number of carbonyl (C=O) groups is 2. The van der Waals surface area contributed by atoms with Gasteiger partial charge in [0.15, 0.2) is 0 Å². The predicted octanol–water partition coefficient (Wildman–Crippen LogP) is 3.09. The van der Waals surface area contributed by atoms with Crippen molar-refractivity contribution >= 4 is 27.5 Å². The van der Waals surface area contributed by atoms with E-state index in [4.69, 9.17) is 0 Å². The lowest BCUT2D eigenvalue weighted by molar-refractivity contribution is -0.140. The van der Waals surface area contributed by atoms with Gasteiger partial charge in [-0.1, -0.05) is 48.5 Å². The molecule has 1 unspecified atom stereocenters. The van der Waals surface area contributed by atoms with Crippen LogP contribution in [0.1, 0.15) is 38.8 Å². The minimum Gasteiger partial charge on any atom is -0.350 e. The number of sulfonamides is 1. The van der Waals surface area contributed by atoms with Crippen LogP contribution in [-0.2, 0) is 26.2 Å². The SMILES string of the molecule is Cc1ccccc1N(CC(=O)N(Cc1ccccc1)C(C)C(=O)NC(C)(C)C)S(C)(=O)=O. The lowest BCUT2D eigenvalue weighted by Gasteiger charge is -2.33. The Bertz CT molecular complexity index is 1050. The molecule has 2 aromatic rings. The first-order valence-corrected chi connectivity index (χ1v) is 12.3. The van der Waals surface area contributed by atoms with Crippen LogP contribution in [0.15, 0.2) is 54.6 Å². The third kappa shape index (κ3) is 7.09. The zero-order chi connectivity index (χ0) is 24.1. The number of rotatable bonds is 8. The molecule has 2 amide bonds. The molecule has 0 spiro atoms. The van der Waals surface area contributed by atoms with Crippen molar-refractivity contribution in [2.75, 3.05) is 17.1 Å². The Labute approximate surface area is 191 Å². The second kappa shape index (κ2) is 10.2. The van der Waals surface area contributed by atoms with Crippen LogP contribution in [0.5, 0.6) is 0 Å². The summed E-state index contributed by atoms with van der Waals surface area (Å²) in [5, 5.41) is 2.90. The molecule has 0 heterocycles. The van der Waals surface area contributed by atoms with Gasteiger partial charge in [-0.15, -0.1) is 0 Å². The number of nitrogens with one attached hydrogen (secondary N) is 1. The Morgan fingerprint density at radius 1 is 1.00 bits per heavy atom. The van der Waals surface area contributed by atoms with Crippen LogP contribution in [0.3, 0.4) is 0 Å². The van der Waals surface area contributed by atoms with Gasteiger partial charge in [0.05, 0.1) is 11.9 Å². The number of carbonyl (C=O) groups excluding carboxylic acids is 2. The molecular formula is C24H33N3O4S. The normalized spacial score (nSPS) is 12.7. The molecule has 0 fully saturated rings. The van der Waals surface area contributed by atoms with Gasteiger partial charge in [-0.2, -0.15) is 0 Å². The molecule has 0 saturated heterocycles. The maximum atomic E-state index is 13.4. The van der Waals surface area contributed by atoms with Crippen molar-refractivity contribution in [3.05, 3.63) is 65.7 Å². The van der Waals surface area contributed by atoms with Crippen LogP contribution in [0.2, 0.25) is 0 Å². The van der Waals surface area contributed by atoms with Gasteiger partial charge in [0, 0.05) is 12.1 Å². The molecule has 0 bridgehead atoms. The third-order valence-electron chi connectivity index (χ3n) is 4.92. The molecule has 32 heavy (non-hydrogen) atoms. The topological polar surface area (TPSA) is 86.8 Å². The number of anilines is 1. The Hall–Kier alpha value is -2.87. The summed E-state index contributed by atoms with van der Waals surface area (Å²) in [6, 6.07) is 15.5. The van der Waals surface area contributed by atoms with Crippen molar-refractivity contribution < 1.29 is 18.0 Å². The summed E-state index contributed by atoms with van der Waals surface area (Å²) in [5.74, 6) is -0.761. The van der Waals surface area contributed by atoms with E-state index in [0.717, 1.165) is 21.7 Å². The highest BCUT2D eigenvalue weighted by atomic mass is 32.2. The molecule has 7 nitrogen and oxygen atoms in total. The molecule has 174 valence electrons. The lowest BCUT2D eigenvalue weighted by atomic mass is 10.1. The van der Waals surface area contributed by atoms with Gasteiger partial charge in [0.1, 0.15) is 12.6 Å². The molecule has 8 heteroatoms. The van der Waals surface area contributed by atoms with Crippen molar-refractivity contribution in [1.29, 1.82) is 0 Å². The fourth-order valence-electron chi connectivity index (χ4n) is 3.27. The van der Waals surface area contributed by atoms with Crippen LogP contribution < -0.4 is 9.62 Å². The molecule has 0 saturated carbocycles. The standard InChI is InChI=1S/C24H33N3O4S/c1-18-12-10-11-15-21(18)27(32(6,30)31)17-22(28)26(16-20-13-8-7-9-14-20)19(2)23(29)25-24(3,4)5/h7-15,19H,16-17H2,1-6H3,(H,25,29). The van der Waals surface area contributed by atoms with Gasteiger partial charge < -0.3 is 10.2 Å². The molecule has 0 aromatic heterocycles. The monoisotopic (exact) mass is 459 g/mol. The molecule has 0 aliphatic rings. The number of para-hydroxylation sites is 1. The zero-order valence-electron chi connectivity index (χ0n) is 19.6. The Morgan fingerprint density at radius 2 is 1.56 bits per heavy atom. The van der Waals surface area contributed by atoms with Crippen molar-refractivity contribution in [1.82, 2.24) is 10.2 Å². The first-order chi connectivity index (χ1) is 14.8. The van der Waals surface area contributed by atoms with Crippen molar-refractivity contribution in [3.8, 4) is 0 Å². The average Bonchev–Trinajstić information content (AvgIpc) is 2.69. The third-order valence-corrected chi connectivity index (χ3v) is 6.05. The molecule has 0 aliphatic heterocycles. The number of hydrogen-bond acceptors (Lipinski definition) is 4. The fourth-order valence-corrected chi connectivity index (χ4v) is 4.18. The van der Waals surface area contributed by atoms with E-state index in [0.29, 0.717) is 5.69 Å². The van der Waals surface area contributed by atoms with Crippen LogP contribution in [0.25, 0.3) is 0 Å². The van der Waals surface area contributed by atoms with Gasteiger partial charge in [-0.3, -0.25) is 13.9 Å². The Balaban J connectivity index is 2.39. The molecule has 0 aliphatic carbocycles. The number of benzene rings is 2. The highest BCUT2D eigenvalue weighted by Gasteiger charge is 2.31. The average molecular weight is 460 g/mol. The second-order valence-corrected chi connectivity index (χ2v) is 10.9. The summed E-state index contributed by atoms with van der Waals surface area (Å²) < 4.78 is 26.2. The van der Waals surface area contributed by atoms with Gasteiger partial charge >= 0.3 is 0 Å². The highest BCUT2D eigenvalue weighted by Crippen LogP contribution is 2.23. The summed E-state index contributed by atoms with van der Waals surface area (Å²) in [4.78, 5) is 27.7. The summed E-state index contributed by atoms with van der Waals surface area (Å²) >= 11 is 0. The number of nitrogens with zero attached hydrogens (tertiary/aromatic N) is 2. The van der Waals surface area contributed by atoms with Crippen molar-refractivity contribution in [2.45, 2.75) is 52.7 Å². The number of hydrogen-bond donors (Lipinski definition) is 1. The fraction of sp³-hybridized carbons (Fsp3) is 0.417. The highest BCUT2D eigenvalue weighted by molar-refractivity contribution is 7.92. The van der Waals surface area contributed by atoms with Crippen molar-refractivity contribution in [3.63, 3.8) is 0 Å². The van der Waals surface area contributed by atoms with Crippen LogP contribution in [0.4, 0.5) is 5.69 Å². The number of amides is 2. The van der Waals surface area contributed by atoms with E-state index in [1.165, 1.54) is 4.90 Å². The second-order valence-electron chi connectivity index (χ2n) is 8.98. The van der Waals surface area contributed by atoms with Crippen LogP contribution in [0, 0.1) is 6.92 Å². The molecule has 0 radical (unpaired) electrons. The molecular weight excluding hydrogens is 426 g/mol. The smallest absolute Gasteiger partial charge is 0.244 e. The molecule has 1 N–H and O–H groups in total. The van der Waals surface area contributed by atoms with E-state index < -0.39 is 34.1 Å². The Morgan fingerprint density at radius 3 is 2.09 bits per heavy atom. The maximum Gasteiger partial charge on any atom is 0.244 e. The Kier molecular flexibility index (Phi) is 8.07. The molecule has 1 atom stereocenters. The van der Waals surface area contributed by atoms with Gasteiger partial charge in [-0.25, -0.2) is 8.42 Å². The van der Waals surface area contributed by atoms with Crippen LogP contribution >= 0.6 is 0 Å². The summed E-state index contributed by atoms with van der Waals surface area (Å²) in [6.07, 6.45) is 1.07. The quantitative estimate of drug-likeness (QED) is 0.657. The summed E-state index contributed by atoms with van der Waals surface area (Å²) in [5.41, 5.74) is 1.55. The van der Waals surface area contributed by atoms with E-state index in [-0.39, 0.29) is 12.5 Å². The van der Waals surface area contributed by atoms with Gasteiger partial charge in [-0.05, 0) is 51.8 Å². The minimum atomic E-state index is -3.73. The lowest BCUT2D eigenvalue weighted by Crippen LogP contribution is -2.54. The largest absolute Gasteiger partial charge is 0.350 e. The maximum absolute atomic E-state index is 13.4. The summed E-state index contributed by atoms with van der Waals surface area (Å²) in [6.45, 7) is 8.83. The first kappa shape index (κ1) is 25.4. The number of aryl methyl sites for hydroxylation is 1. The van der Waals surface area contributed by atoms with Crippen molar-refractivity contribution in [2.24, 2.45) is 0 Å². The zero-order valence-corrected chi connectivity index (χ0v) is 20.4.